The van der Waals surface area contributed by atoms with Crippen molar-refractivity contribution < 1.29 is 67.1 Å². The van der Waals surface area contributed by atoms with E-state index in [1.807, 2.05) is 90.8 Å². The number of nitrogens with zero attached hydrogens (tertiary/aromatic N) is 10. The highest BCUT2D eigenvalue weighted by molar-refractivity contribution is 7.15. The van der Waals surface area contributed by atoms with E-state index >= 15 is 9.59 Å². The Hall–Kier alpha value is -9.34. The molecule has 3 aromatic carbocycles. The number of para-hydroxylation sites is 1. The molecule has 0 aliphatic carbocycles. The van der Waals surface area contributed by atoms with Crippen molar-refractivity contribution in [2.75, 3.05) is 87.2 Å². The van der Waals surface area contributed by atoms with Crippen LogP contribution in [0, 0.1) is 44.4 Å². The molecule has 0 radical (unpaired) electrons. The maximum absolute atomic E-state index is 15.5. The minimum atomic E-state index is -1.48. The number of nitrogens with one attached hydrogen (secondary N) is 6. The molecular weight excluding hydrogens is 1480 g/mol. The van der Waals surface area contributed by atoms with Crippen molar-refractivity contribution in [3.05, 3.63) is 146 Å². The number of amides is 8. The first kappa shape index (κ1) is 86.6. The molecule has 30 nitrogen and oxygen atoms in total. The number of aromatic nitrogens is 7. The largest absolute Gasteiger partial charge is 0.396 e. The second-order valence-electron chi connectivity index (χ2n) is 29.8. The summed E-state index contributed by atoms with van der Waals surface area (Å²) < 4.78 is 34.6. The Balaban J connectivity index is 0.796. The maximum Gasteiger partial charge on any atom is 0.246 e. The van der Waals surface area contributed by atoms with Crippen LogP contribution < -0.4 is 31.9 Å². The number of halogens is 1. The molecule has 10 atom stereocenters. The smallest absolute Gasteiger partial charge is 0.246 e. The monoisotopic (exact) mass is 1580 g/mol. The van der Waals surface area contributed by atoms with Gasteiger partial charge in [0.1, 0.15) is 71.0 Å². The number of thiophene rings is 1. The van der Waals surface area contributed by atoms with Gasteiger partial charge in [-0.05, 0) is 99.1 Å². The first-order chi connectivity index (χ1) is 53.6. The molecule has 32 heteroatoms. The van der Waals surface area contributed by atoms with Crippen molar-refractivity contribution in [2.24, 2.45) is 28.7 Å². The molecule has 0 bridgehead atoms. The molecule has 7 N–H and O–H groups in total. The third-order valence-electron chi connectivity index (χ3n) is 20.1. The van der Waals surface area contributed by atoms with E-state index in [0.717, 1.165) is 43.2 Å². The van der Waals surface area contributed by atoms with Crippen LogP contribution in [0.15, 0.2) is 96.2 Å². The number of rotatable bonds is 32. The van der Waals surface area contributed by atoms with Crippen LogP contribution in [0.1, 0.15) is 137 Å². The number of hydrogen-bond acceptors (Lipinski definition) is 20. The fraction of sp³-hybridized carbons (Fsp3) is 0.537. The number of aliphatic hydroxyl groups excluding tert-OH is 1. The lowest BCUT2D eigenvalue weighted by molar-refractivity contribution is -0.145. The highest BCUT2D eigenvalue weighted by Crippen LogP contribution is 2.40. The van der Waals surface area contributed by atoms with Crippen LogP contribution in [-0.2, 0) is 81.6 Å². The second-order valence-corrected chi connectivity index (χ2v) is 31.4. The summed E-state index contributed by atoms with van der Waals surface area (Å²) in [6.07, 6.45) is 2.61. The Labute approximate surface area is 663 Å². The summed E-state index contributed by atoms with van der Waals surface area (Å²) in [6.45, 7) is 23.1. The predicted octanol–water partition coefficient (Wildman–Crippen LogP) is 6.09. The molecule has 4 aromatic heterocycles. The summed E-state index contributed by atoms with van der Waals surface area (Å²) in [7, 11) is 4.26. The van der Waals surface area contributed by atoms with E-state index in [4.69, 9.17) is 40.3 Å². The zero-order chi connectivity index (χ0) is 81.0. The Kier molecular flexibility index (Phi) is 31.7. The van der Waals surface area contributed by atoms with Gasteiger partial charge in [0.15, 0.2) is 5.82 Å². The van der Waals surface area contributed by atoms with Gasteiger partial charge in [0.05, 0.1) is 84.3 Å². The van der Waals surface area contributed by atoms with Gasteiger partial charge < -0.3 is 75.1 Å². The second kappa shape index (κ2) is 40.9. The number of aliphatic hydroxyl groups is 1. The van der Waals surface area contributed by atoms with Crippen molar-refractivity contribution in [3.63, 3.8) is 0 Å². The van der Waals surface area contributed by atoms with Crippen LogP contribution in [-0.4, -0.2) is 232 Å². The molecule has 2 aliphatic heterocycles. The molecular formula is C80H109ClN16O14S. The number of likely N-dealkylation sites (N-methyl/N-ethyl adjacent to an activating group) is 2. The predicted molar refractivity (Wildman–Crippen MR) is 424 cm³/mol. The van der Waals surface area contributed by atoms with E-state index in [2.05, 4.69) is 66.3 Å². The van der Waals surface area contributed by atoms with E-state index < -0.39 is 114 Å². The molecule has 9 rings (SSSR count). The number of fused-ring (bicyclic) bond motifs is 4. The van der Waals surface area contributed by atoms with Gasteiger partial charge in [0.25, 0.3) is 0 Å². The molecule has 0 spiro atoms. The van der Waals surface area contributed by atoms with Crippen LogP contribution in [0.5, 0.6) is 0 Å². The Morgan fingerprint density at radius 2 is 1.26 bits per heavy atom. The zero-order valence-corrected chi connectivity index (χ0v) is 68.1. The van der Waals surface area contributed by atoms with Crippen LogP contribution >= 0.6 is 22.9 Å². The van der Waals surface area contributed by atoms with Crippen LogP contribution in [0.2, 0.25) is 5.02 Å². The molecule has 1 saturated heterocycles. The van der Waals surface area contributed by atoms with E-state index in [1.54, 1.807) is 81.0 Å². The molecule has 7 aromatic rings. The summed E-state index contributed by atoms with van der Waals surface area (Å²) >= 11 is 7.92. The molecule has 0 saturated carbocycles. The molecule has 2 aliphatic rings. The zero-order valence-electron chi connectivity index (χ0n) is 66.5. The highest BCUT2D eigenvalue weighted by Gasteiger charge is 2.42. The summed E-state index contributed by atoms with van der Waals surface area (Å²) in [6, 6.07) is 14.0. The van der Waals surface area contributed by atoms with Crippen molar-refractivity contribution >= 4 is 86.8 Å². The average Bonchev–Trinajstić information content (AvgIpc) is 1.59. The number of carbonyl (C=O) groups excluding carboxylic acids is 8. The van der Waals surface area contributed by atoms with Gasteiger partial charge in [0.2, 0.25) is 47.3 Å². The van der Waals surface area contributed by atoms with Crippen LogP contribution in [0.4, 0.5) is 0 Å². The number of benzene rings is 3. The summed E-state index contributed by atoms with van der Waals surface area (Å²) in [4.78, 5) is 127. The molecule has 0 unspecified atom stereocenters. The van der Waals surface area contributed by atoms with Crippen LogP contribution in [0.3, 0.4) is 0 Å². The molecule has 112 heavy (non-hydrogen) atoms. The molecule has 8 amide bonds. The summed E-state index contributed by atoms with van der Waals surface area (Å²) in [5, 5.41) is 47.7. The highest BCUT2D eigenvalue weighted by atomic mass is 35.5. The van der Waals surface area contributed by atoms with Gasteiger partial charge in [-0.15, -0.1) is 26.6 Å². The first-order valence-corrected chi connectivity index (χ1v) is 39.4. The van der Waals surface area contributed by atoms with Gasteiger partial charge in [-0.1, -0.05) is 126 Å². The van der Waals surface area contributed by atoms with Gasteiger partial charge >= 0.3 is 0 Å². The quantitative estimate of drug-likeness (QED) is 0.0235. The lowest BCUT2D eigenvalue weighted by atomic mass is 9.96. The van der Waals surface area contributed by atoms with Crippen molar-refractivity contribution in [2.45, 2.75) is 169 Å². The number of aryl methyl sites for hydroxylation is 2. The van der Waals surface area contributed by atoms with Gasteiger partial charge in [-0.3, -0.25) is 47.9 Å². The Morgan fingerprint density at radius 1 is 0.661 bits per heavy atom. The Morgan fingerprint density at radius 3 is 1.91 bits per heavy atom. The summed E-state index contributed by atoms with van der Waals surface area (Å²) in [5.41, 5.74) is 6.32. The van der Waals surface area contributed by atoms with Gasteiger partial charge in [0, 0.05) is 78.9 Å². The third kappa shape index (κ3) is 22.3. The van der Waals surface area contributed by atoms with E-state index in [-0.39, 0.29) is 57.3 Å². The number of methoxy groups -OCH3 is 1. The normalized spacial score (nSPS) is 20.5. The standard InChI is InChI=1S/C80H109ClN16O14S/c1-46(2)38-63-75(102)86-67(47(3)4)76(103)85-61(78(105)93(12)64(39-49(7)45-98)74(101)83-51(9)73(100)88-70(71(107-14)55-20-16-15-17-21-55)77(104)87-68(48(5)6)79(106)94(63)13)40-56-42-95(62-23-19-18-22-59(56)62)43-58-44-96(92-90-58)29-31-109-33-35-111-37-36-110-34-32-108-30-28-82-65(99)41-60-72-91-89-53(11)97(72)80-66(50(8)52(10)112-80)69(84-60)54-24-26-57(81)27-25-54/h15-27,42,44,46-49,51,60-61,63-64,67-68,70-71,98H,28-41,43,45H2,1-14H3,(H,82,99)(H,83,101)(H,85,103)(H,86,102)(H,87,104)(H,88,100)/t49-,51+,60+,61+,63+,64+,67+,68+,70+,71-/m1/s1. The van der Waals surface area contributed by atoms with Crippen molar-refractivity contribution in [1.82, 2.24) is 76.0 Å². The lowest BCUT2D eigenvalue weighted by Gasteiger charge is -2.35. The van der Waals surface area contributed by atoms with Crippen molar-refractivity contribution in [3.8, 4) is 5.00 Å². The van der Waals surface area contributed by atoms with E-state index in [1.165, 1.54) is 37.9 Å². The number of aliphatic imine (C=N–C) groups is 1. The lowest BCUT2D eigenvalue weighted by Crippen LogP contribution is -2.62. The SMILES string of the molecule is CO[C@H](c1ccccc1)[C@@H]1NC(=O)[C@H](C)NC(=O)[C@H](C[C@@H](C)CO)N(C)C(=O)[C@H](Cc2cn(Cc3cn(CCOCCOCCOCCOCCNC(=O)C[C@@H]4N=C(c5ccc(Cl)cc5)c5c(sc(C)c5C)-n5c(C)nnc54)nn3)c3ccccc23)NC(=O)[C@H](C(C)C)NC(=O)[C@H](CC(C)C)N(C)C(=O)[C@H](C(C)C)NC1=O. The first-order valence-electron chi connectivity index (χ1n) is 38.2. The van der Waals surface area contributed by atoms with Crippen LogP contribution in [0.25, 0.3) is 15.9 Å². The summed E-state index contributed by atoms with van der Waals surface area (Å²) in [5.74, 6) is -5.71. The minimum Gasteiger partial charge on any atom is -0.396 e. The van der Waals surface area contributed by atoms with Crippen molar-refractivity contribution in [1.29, 1.82) is 0 Å². The fourth-order valence-electron chi connectivity index (χ4n) is 13.7. The van der Waals surface area contributed by atoms with E-state index in [9.17, 15) is 33.9 Å². The molecule has 606 valence electrons. The molecule has 1 fully saturated rings. The minimum absolute atomic E-state index is 0.0623. The topological polar surface area (TPSA) is 360 Å². The van der Waals surface area contributed by atoms with Gasteiger partial charge in [-0.25, -0.2) is 4.68 Å². The molecule has 6 heterocycles. The number of ether oxygens (including phenoxy) is 5. The maximum atomic E-state index is 15.5. The fourth-order valence-corrected chi connectivity index (χ4v) is 15.0. The van der Waals surface area contributed by atoms with Gasteiger partial charge in [-0.2, -0.15) is 0 Å². The van der Waals surface area contributed by atoms with E-state index in [0.29, 0.717) is 92.8 Å². The average molecular weight is 1590 g/mol. The third-order valence-corrected chi connectivity index (χ3v) is 21.5. The number of hydrogen-bond donors (Lipinski definition) is 7. The Bertz CT molecular complexity index is 4390. The number of carbonyl (C=O) groups is 8.